The molecule has 3 aromatic rings. The van der Waals surface area contributed by atoms with Crippen LogP contribution >= 0.6 is 11.3 Å². The van der Waals surface area contributed by atoms with Gasteiger partial charge in [0.2, 0.25) is 0 Å². The summed E-state index contributed by atoms with van der Waals surface area (Å²) < 4.78 is 16.6. The summed E-state index contributed by atoms with van der Waals surface area (Å²) in [5.74, 6) is -0.0925. The highest BCUT2D eigenvalue weighted by Crippen LogP contribution is 2.38. The molecule has 1 aliphatic carbocycles. The second-order valence-electron chi connectivity index (χ2n) is 7.12. The van der Waals surface area contributed by atoms with Gasteiger partial charge in [0.1, 0.15) is 5.82 Å². The molecule has 2 fully saturated rings. The van der Waals surface area contributed by atoms with Gasteiger partial charge in [-0.25, -0.2) is 4.39 Å². The van der Waals surface area contributed by atoms with E-state index < -0.39 is 0 Å². The maximum Gasteiger partial charge on any atom is 0.264 e. The number of halogens is 1. The highest BCUT2D eigenvalue weighted by atomic mass is 32.1. The summed E-state index contributed by atoms with van der Waals surface area (Å²) in [7, 11) is 0. The van der Waals surface area contributed by atoms with Crippen LogP contribution in [0, 0.1) is 5.82 Å². The van der Waals surface area contributed by atoms with Gasteiger partial charge in [-0.2, -0.15) is 0 Å². The van der Waals surface area contributed by atoms with Crippen molar-refractivity contribution in [2.45, 2.75) is 18.9 Å². The zero-order valence-corrected chi connectivity index (χ0v) is 15.2. The number of fused-ring (bicyclic) bond motifs is 1. The summed E-state index contributed by atoms with van der Waals surface area (Å²) in [6.07, 6.45) is 6.89. The van der Waals surface area contributed by atoms with Crippen molar-refractivity contribution in [3.63, 3.8) is 0 Å². The van der Waals surface area contributed by atoms with Crippen LogP contribution < -0.4 is 4.90 Å². The fourth-order valence-electron chi connectivity index (χ4n) is 3.62. The zero-order chi connectivity index (χ0) is 17.7. The normalized spacial score (nSPS) is 17.9. The first kappa shape index (κ1) is 15.9. The molecular weight excluding hydrogens is 349 g/mol. The van der Waals surface area contributed by atoms with Crippen molar-refractivity contribution < 1.29 is 9.18 Å². The molecule has 0 radical (unpaired) electrons. The molecule has 5 rings (SSSR count). The van der Waals surface area contributed by atoms with Gasteiger partial charge in [0.05, 0.1) is 9.58 Å². The third kappa shape index (κ3) is 2.88. The molecule has 0 N–H and O–H groups in total. The maximum absolute atomic E-state index is 13.1. The van der Waals surface area contributed by atoms with Crippen molar-refractivity contribution in [2.75, 3.05) is 31.1 Å². The Balaban J connectivity index is 1.26. The molecule has 0 bridgehead atoms. The Bertz CT molecular complexity index is 918. The highest BCUT2D eigenvalue weighted by Gasteiger charge is 2.26. The number of hydrogen-bond donors (Lipinski definition) is 0. The van der Waals surface area contributed by atoms with Crippen LogP contribution in [0.5, 0.6) is 0 Å². The quantitative estimate of drug-likeness (QED) is 0.694. The Labute approximate surface area is 155 Å². The Morgan fingerprint density at radius 3 is 2.42 bits per heavy atom. The first-order valence-corrected chi connectivity index (χ1v) is 9.90. The van der Waals surface area contributed by atoms with Crippen LogP contribution in [0.2, 0.25) is 0 Å². The van der Waals surface area contributed by atoms with Crippen molar-refractivity contribution >= 4 is 33.0 Å². The standard InChI is InChI=1S/C20H20FN3OS/c21-15-1-3-16(4-2-15)22-7-9-23(10-8-22)20(25)18-11-14-12-24(17-5-6-17)13-19(14)26-18/h1-4,11-13,17H,5-10H2. The lowest BCUT2D eigenvalue weighted by atomic mass is 10.2. The molecule has 0 unspecified atom stereocenters. The van der Waals surface area contributed by atoms with Crippen LogP contribution in [0.15, 0.2) is 42.7 Å². The minimum absolute atomic E-state index is 0.128. The third-order valence-electron chi connectivity index (χ3n) is 5.28. The van der Waals surface area contributed by atoms with Gasteiger partial charge in [-0.1, -0.05) is 0 Å². The molecule has 26 heavy (non-hydrogen) atoms. The Kier molecular flexibility index (Phi) is 3.74. The van der Waals surface area contributed by atoms with Crippen molar-refractivity contribution in [2.24, 2.45) is 0 Å². The van der Waals surface area contributed by atoms with Crippen LogP contribution in [0.4, 0.5) is 10.1 Å². The number of nitrogens with zero attached hydrogens (tertiary/aromatic N) is 3. The van der Waals surface area contributed by atoms with Crippen LogP contribution in [-0.4, -0.2) is 41.6 Å². The zero-order valence-electron chi connectivity index (χ0n) is 14.4. The highest BCUT2D eigenvalue weighted by molar-refractivity contribution is 7.20. The topological polar surface area (TPSA) is 28.5 Å². The van der Waals surface area contributed by atoms with Crippen LogP contribution in [-0.2, 0) is 0 Å². The molecular formula is C20H20FN3OS. The molecule has 1 saturated carbocycles. The van der Waals surface area contributed by atoms with Crippen LogP contribution in [0.25, 0.3) is 10.1 Å². The van der Waals surface area contributed by atoms with E-state index in [1.54, 1.807) is 23.5 Å². The summed E-state index contributed by atoms with van der Waals surface area (Å²) >= 11 is 1.60. The number of carbonyl (C=O) groups excluding carboxylic acids is 1. The number of carbonyl (C=O) groups is 1. The first-order chi connectivity index (χ1) is 12.7. The SMILES string of the molecule is O=C(c1cc2cn(C3CC3)cc2s1)N1CCN(c2ccc(F)cc2)CC1. The van der Waals surface area contributed by atoms with Crippen molar-refractivity contribution in [1.82, 2.24) is 9.47 Å². The fourth-order valence-corrected chi connectivity index (χ4v) is 4.66. The number of aromatic nitrogens is 1. The van der Waals surface area contributed by atoms with E-state index >= 15 is 0 Å². The van der Waals surface area contributed by atoms with Gasteiger partial charge in [-0.3, -0.25) is 4.79 Å². The number of hydrogen-bond acceptors (Lipinski definition) is 3. The predicted octanol–water partition coefficient (Wildman–Crippen LogP) is 4.14. The molecule has 2 aliphatic rings. The lowest BCUT2D eigenvalue weighted by molar-refractivity contribution is 0.0752. The molecule has 1 aromatic carbocycles. The van der Waals surface area contributed by atoms with Gasteiger partial charge in [-0.05, 0) is 43.2 Å². The fraction of sp³-hybridized carbons (Fsp3) is 0.350. The number of piperazine rings is 1. The van der Waals surface area contributed by atoms with E-state index in [4.69, 9.17) is 0 Å². The van der Waals surface area contributed by atoms with Crippen molar-refractivity contribution in [3.8, 4) is 0 Å². The summed E-state index contributed by atoms with van der Waals surface area (Å²) in [5, 5.41) is 1.18. The summed E-state index contributed by atoms with van der Waals surface area (Å²) in [5.41, 5.74) is 1.01. The van der Waals surface area contributed by atoms with Gasteiger partial charge in [0.15, 0.2) is 0 Å². The summed E-state index contributed by atoms with van der Waals surface area (Å²) in [6, 6.07) is 9.28. The molecule has 134 valence electrons. The van der Waals surface area contributed by atoms with Crippen molar-refractivity contribution in [3.05, 3.63) is 53.4 Å². The van der Waals surface area contributed by atoms with E-state index in [9.17, 15) is 9.18 Å². The smallest absolute Gasteiger partial charge is 0.264 e. The minimum Gasteiger partial charge on any atom is -0.368 e. The third-order valence-corrected chi connectivity index (χ3v) is 6.36. The van der Waals surface area contributed by atoms with E-state index in [1.807, 2.05) is 11.0 Å². The molecule has 1 saturated heterocycles. The molecule has 2 aromatic heterocycles. The van der Waals surface area contributed by atoms with Crippen molar-refractivity contribution in [1.29, 1.82) is 0 Å². The first-order valence-electron chi connectivity index (χ1n) is 9.08. The van der Waals surface area contributed by atoms with Gasteiger partial charge < -0.3 is 14.4 Å². The molecule has 0 atom stereocenters. The minimum atomic E-state index is -0.220. The number of benzene rings is 1. The van der Waals surface area contributed by atoms with E-state index in [0.29, 0.717) is 19.1 Å². The van der Waals surface area contributed by atoms with Crippen LogP contribution in [0.1, 0.15) is 28.6 Å². The Morgan fingerprint density at radius 2 is 1.77 bits per heavy atom. The molecule has 6 heteroatoms. The maximum atomic E-state index is 13.1. The van der Waals surface area contributed by atoms with Gasteiger partial charge in [0, 0.05) is 55.7 Å². The molecule has 3 heterocycles. The van der Waals surface area contributed by atoms with Gasteiger partial charge in [0.25, 0.3) is 5.91 Å². The second-order valence-corrected chi connectivity index (χ2v) is 8.21. The lowest BCUT2D eigenvalue weighted by Crippen LogP contribution is -2.48. The second kappa shape index (κ2) is 6.13. The van der Waals surface area contributed by atoms with Gasteiger partial charge >= 0.3 is 0 Å². The molecule has 1 amide bonds. The van der Waals surface area contributed by atoms with E-state index in [0.717, 1.165) is 23.7 Å². The number of amides is 1. The lowest BCUT2D eigenvalue weighted by Gasteiger charge is -2.36. The summed E-state index contributed by atoms with van der Waals surface area (Å²) in [6.45, 7) is 2.94. The van der Waals surface area contributed by atoms with E-state index in [-0.39, 0.29) is 11.7 Å². The summed E-state index contributed by atoms with van der Waals surface area (Å²) in [4.78, 5) is 17.8. The average molecular weight is 369 g/mol. The largest absolute Gasteiger partial charge is 0.368 e. The molecule has 0 spiro atoms. The number of anilines is 1. The molecule has 1 aliphatic heterocycles. The Hall–Kier alpha value is -2.34. The van der Waals surface area contributed by atoms with E-state index in [1.165, 1.54) is 35.1 Å². The monoisotopic (exact) mass is 369 g/mol. The molecule has 4 nitrogen and oxygen atoms in total. The Morgan fingerprint density at radius 1 is 1.04 bits per heavy atom. The van der Waals surface area contributed by atoms with E-state index in [2.05, 4.69) is 21.9 Å². The average Bonchev–Trinajstić information content (AvgIpc) is 3.32. The number of thiophene rings is 1. The number of rotatable bonds is 3. The van der Waals surface area contributed by atoms with Gasteiger partial charge in [-0.15, -0.1) is 11.3 Å². The van der Waals surface area contributed by atoms with Crippen LogP contribution in [0.3, 0.4) is 0 Å². The predicted molar refractivity (Wildman–Crippen MR) is 103 cm³/mol.